The van der Waals surface area contributed by atoms with Crippen molar-refractivity contribution in [2.24, 2.45) is 34.0 Å². The Morgan fingerprint density at radius 3 is 2.23 bits per heavy atom. The number of fused-ring (bicyclic) bond motifs is 7. The Bertz CT molecular complexity index is 1700. The van der Waals surface area contributed by atoms with Gasteiger partial charge in [0.25, 0.3) is 5.79 Å². The molecule has 5 aliphatic heterocycles. The van der Waals surface area contributed by atoms with Gasteiger partial charge in [-0.15, -0.1) is 0 Å². The SMILES string of the molecule is C/C=C(\C)C(=O)O[C@H]1C[C@@H](OC(C)=O)[C@@]2(C(=O)OC)CO[C@H]3C(=O)[C@@](C)([C@]45O[C@@]4(C)[C@H]4C[C@@H]5O[C@@H]5OCC[C@@]54OC)[C@@H]4[C@@](OC)(C(=O)OC)OC[C@@]14[C@@H]32. The van der Waals surface area contributed by atoms with Crippen molar-refractivity contribution in [3.63, 3.8) is 0 Å². The molecular formula is C37H48O16. The van der Waals surface area contributed by atoms with E-state index in [-0.39, 0.29) is 31.1 Å². The molecule has 0 unspecified atom stereocenters. The maximum absolute atomic E-state index is 15.9. The van der Waals surface area contributed by atoms with E-state index in [9.17, 15) is 19.2 Å². The maximum Gasteiger partial charge on any atom is 0.366 e. The van der Waals surface area contributed by atoms with E-state index in [1.807, 2.05) is 6.92 Å². The zero-order chi connectivity index (χ0) is 38.3. The van der Waals surface area contributed by atoms with Gasteiger partial charge in [0.05, 0.1) is 51.5 Å². The Kier molecular flexibility index (Phi) is 8.04. The monoisotopic (exact) mass is 748 g/mol. The molecule has 8 rings (SSSR count). The van der Waals surface area contributed by atoms with Gasteiger partial charge in [-0.2, -0.15) is 0 Å². The summed E-state index contributed by atoms with van der Waals surface area (Å²) in [6.07, 6.45) is -3.04. The minimum Gasteiger partial charge on any atom is -0.468 e. The minimum atomic E-state index is -2.30. The van der Waals surface area contributed by atoms with Crippen LogP contribution in [0.25, 0.3) is 0 Å². The third kappa shape index (κ3) is 3.88. The lowest BCUT2D eigenvalue weighted by atomic mass is 9.38. The summed E-state index contributed by atoms with van der Waals surface area (Å²) in [4.78, 5) is 71.0. The highest BCUT2D eigenvalue weighted by atomic mass is 16.8. The summed E-state index contributed by atoms with van der Waals surface area (Å²) in [5, 5.41) is 0. The second-order valence-corrected chi connectivity index (χ2v) is 16.2. The lowest BCUT2D eigenvalue weighted by Gasteiger charge is -2.63. The number of allylic oxidation sites excluding steroid dienone is 1. The minimum absolute atomic E-state index is 0.231. The number of esters is 4. The van der Waals surface area contributed by atoms with Crippen molar-refractivity contribution in [2.75, 3.05) is 48.3 Å². The lowest BCUT2D eigenvalue weighted by Crippen LogP contribution is -2.78. The predicted molar refractivity (Wildman–Crippen MR) is 173 cm³/mol. The number of carbonyl (C=O) groups is 5. The van der Waals surface area contributed by atoms with E-state index in [0.717, 1.165) is 0 Å². The molecule has 0 radical (unpaired) electrons. The van der Waals surface area contributed by atoms with E-state index < -0.39 is 111 Å². The number of hydrogen-bond donors (Lipinski definition) is 0. The third-order valence-electron chi connectivity index (χ3n) is 14.8. The van der Waals surface area contributed by atoms with Gasteiger partial charge in [0, 0.05) is 56.8 Å². The molecule has 0 aromatic carbocycles. The van der Waals surface area contributed by atoms with E-state index in [2.05, 4.69) is 0 Å². The summed E-state index contributed by atoms with van der Waals surface area (Å²) >= 11 is 0. The fourth-order valence-corrected chi connectivity index (χ4v) is 12.8. The lowest BCUT2D eigenvalue weighted by molar-refractivity contribution is -0.296. The molecule has 2 bridgehead atoms. The van der Waals surface area contributed by atoms with Gasteiger partial charge in [0.1, 0.15) is 40.5 Å². The fourth-order valence-electron chi connectivity index (χ4n) is 12.8. The molecular weight excluding hydrogens is 700 g/mol. The van der Waals surface area contributed by atoms with Crippen LogP contribution in [0.5, 0.6) is 0 Å². The van der Waals surface area contributed by atoms with Crippen LogP contribution in [-0.4, -0.2) is 131 Å². The maximum atomic E-state index is 15.9. The molecule has 0 aromatic rings. The molecule has 8 fully saturated rings. The molecule has 0 N–H and O–H groups in total. The fraction of sp³-hybridized carbons (Fsp3) is 0.811. The van der Waals surface area contributed by atoms with Gasteiger partial charge < -0.3 is 52.1 Å². The van der Waals surface area contributed by atoms with E-state index in [4.69, 9.17) is 52.1 Å². The summed E-state index contributed by atoms with van der Waals surface area (Å²) in [6, 6.07) is 0. The highest BCUT2D eigenvalue weighted by Gasteiger charge is 2.97. The first-order valence-electron chi connectivity index (χ1n) is 18.1. The molecule has 8 aliphatic rings. The van der Waals surface area contributed by atoms with Crippen LogP contribution in [0.15, 0.2) is 11.6 Å². The summed E-state index contributed by atoms with van der Waals surface area (Å²) in [5.41, 5.74) is -8.30. The first kappa shape index (κ1) is 37.0. The van der Waals surface area contributed by atoms with Crippen LogP contribution < -0.4 is 0 Å². The van der Waals surface area contributed by atoms with Gasteiger partial charge in [0.2, 0.25) is 0 Å². The smallest absolute Gasteiger partial charge is 0.366 e. The van der Waals surface area contributed by atoms with Crippen molar-refractivity contribution in [1.29, 1.82) is 0 Å². The Hall–Kier alpha value is -2.99. The van der Waals surface area contributed by atoms with Gasteiger partial charge in [-0.05, 0) is 34.1 Å². The van der Waals surface area contributed by atoms with Crippen molar-refractivity contribution in [2.45, 2.75) is 107 Å². The molecule has 16 heteroatoms. The second kappa shape index (κ2) is 11.5. The average Bonchev–Trinajstić information content (AvgIpc) is 3.57. The van der Waals surface area contributed by atoms with E-state index in [1.165, 1.54) is 28.3 Å². The van der Waals surface area contributed by atoms with Crippen LogP contribution in [0, 0.1) is 34.0 Å². The Morgan fingerprint density at radius 1 is 0.887 bits per heavy atom. The molecule has 53 heavy (non-hydrogen) atoms. The Morgan fingerprint density at radius 2 is 1.60 bits per heavy atom. The number of methoxy groups -OCH3 is 4. The molecule has 0 amide bonds. The second-order valence-electron chi connectivity index (χ2n) is 16.2. The van der Waals surface area contributed by atoms with Gasteiger partial charge in [0.15, 0.2) is 12.1 Å². The van der Waals surface area contributed by atoms with Gasteiger partial charge in [-0.1, -0.05) is 6.08 Å². The number of Topliss-reactive ketones (excluding diaryl/α,β-unsaturated/α-hetero) is 1. The van der Waals surface area contributed by atoms with Crippen LogP contribution in [0.3, 0.4) is 0 Å². The molecule has 5 heterocycles. The predicted octanol–water partition coefficient (Wildman–Crippen LogP) is 1.19. The third-order valence-corrected chi connectivity index (χ3v) is 14.8. The van der Waals surface area contributed by atoms with Gasteiger partial charge >= 0.3 is 23.9 Å². The van der Waals surface area contributed by atoms with E-state index >= 15 is 4.79 Å². The van der Waals surface area contributed by atoms with Gasteiger partial charge in [-0.3, -0.25) is 14.4 Å². The van der Waals surface area contributed by atoms with E-state index in [1.54, 1.807) is 34.0 Å². The van der Waals surface area contributed by atoms with Crippen molar-refractivity contribution in [3.8, 4) is 0 Å². The van der Waals surface area contributed by atoms with Crippen LogP contribution >= 0.6 is 0 Å². The highest BCUT2D eigenvalue weighted by molar-refractivity contribution is 5.97. The number of ether oxygens (including phenoxy) is 11. The van der Waals surface area contributed by atoms with Crippen molar-refractivity contribution >= 4 is 29.7 Å². The van der Waals surface area contributed by atoms with E-state index in [0.29, 0.717) is 19.4 Å². The molecule has 15 atom stereocenters. The molecule has 16 nitrogen and oxygen atoms in total. The topological polar surface area (TPSA) is 190 Å². The highest BCUT2D eigenvalue weighted by Crippen LogP contribution is 2.82. The summed E-state index contributed by atoms with van der Waals surface area (Å²) < 4.78 is 68.1. The molecule has 0 aromatic heterocycles. The Labute approximate surface area is 306 Å². The zero-order valence-corrected chi connectivity index (χ0v) is 31.5. The van der Waals surface area contributed by atoms with Crippen LogP contribution in [0.4, 0.5) is 0 Å². The standard InChI is InChI=1S/C37H48O16/c1-10-17(2)26(40)51-20-14-21(50-18(3)38)34(28(41)43-6)15-48-23-24(34)33(20)16-49-36(46-9,29(42)44-7)27(33)31(4,25(23)39)37-22-13-19(32(37,5)53-37)35(45-8)11-12-47-30(35)52-22/h10,19-24,27,30H,11-16H2,1-9H3/b17-10+/t19-,20+,21-,22+,23-,24-,27+,30+,31-,32+,33+,34+,35+,36+,37+/m1/s1. The molecule has 1 spiro atoms. The quantitative estimate of drug-likeness (QED) is 0.149. The van der Waals surface area contributed by atoms with Crippen LogP contribution in [0.1, 0.15) is 53.9 Å². The number of epoxide rings is 1. The summed E-state index contributed by atoms with van der Waals surface area (Å²) in [5.74, 6) is -8.86. The normalized spacial score (nSPS) is 51.4. The number of hydrogen-bond acceptors (Lipinski definition) is 16. The number of carbonyl (C=O) groups excluding carboxylic acids is 5. The van der Waals surface area contributed by atoms with Crippen molar-refractivity contribution in [3.05, 3.63) is 11.6 Å². The van der Waals surface area contributed by atoms with Crippen molar-refractivity contribution < 1.29 is 76.1 Å². The average molecular weight is 749 g/mol. The Balaban J connectivity index is 1.41. The number of ketones is 1. The first-order chi connectivity index (χ1) is 25.1. The molecule has 3 aliphatic carbocycles. The van der Waals surface area contributed by atoms with Crippen molar-refractivity contribution in [1.82, 2.24) is 0 Å². The molecule has 292 valence electrons. The van der Waals surface area contributed by atoms with Crippen LogP contribution in [0.2, 0.25) is 0 Å². The summed E-state index contributed by atoms with van der Waals surface area (Å²) in [7, 11) is 5.24. The molecule has 5 saturated heterocycles. The van der Waals surface area contributed by atoms with Gasteiger partial charge in [-0.25, -0.2) is 9.59 Å². The first-order valence-corrected chi connectivity index (χ1v) is 18.1. The number of rotatable bonds is 8. The van der Waals surface area contributed by atoms with Crippen LogP contribution in [-0.2, 0) is 76.1 Å². The largest absolute Gasteiger partial charge is 0.468 e. The zero-order valence-electron chi connectivity index (χ0n) is 31.5. The summed E-state index contributed by atoms with van der Waals surface area (Å²) in [6.45, 7) is 7.74. The molecule has 3 saturated carbocycles.